The summed E-state index contributed by atoms with van der Waals surface area (Å²) in [6.07, 6.45) is 16.1. The fraction of sp³-hybridized carbons (Fsp3) is 0.370. The summed E-state index contributed by atoms with van der Waals surface area (Å²) in [6, 6.07) is 13.7. The SMILES string of the molecule is O=C(CN1C=CCC(c2cc(Cc3ccccc3)[nH]n2)=C1)N[C]1CCCCCCC1.[CH2].[CH2]. The van der Waals surface area contributed by atoms with Crippen LogP contribution < -0.4 is 5.32 Å². The van der Waals surface area contributed by atoms with Crippen LogP contribution in [0.1, 0.15) is 68.3 Å². The molecule has 32 heavy (non-hydrogen) atoms. The average Bonchev–Trinajstić information content (AvgIpc) is 3.19. The Morgan fingerprint density at radius 3 is 2.50 bits per heavy atom. The predicted molar refractivity (Wildman–Crippen MR) is 131 cm³/mol. The molecule has 2 heterocycles. The molecule has 0 atom stereocenters. The molecule has 0 spiro atoms. The van der Waals surface area contributed by atoms with Gasteiger partial charge in [-0.25, -0.2) is 0 Å². The van der Waals surface area contributed by atoms with Gasteiger partial charge in [0.1, 0.15) is 6.54 Å². The summed E-state index contributed by atoms with van der Waals surface area (Å²) in [5, 5.41) is 10.8. The Hall–Kier alpha value is -2.82. The van der Waals surface area contributed by atoms with Crippen LogP contribution in [0.25, 0.3) is 5.57 Å². The molecule has 0 bridgehead atoms. The molecule has 5 nitrogen and oxygen atoms in total. The molecule has 1 amide bonds. The van der Waals surface area contributed by atoms with Crippen molar-refractivity contribution in [2.24, 2.45) is 0 Å². The number of benzene rings is 1. The first kappa shape index (κ1) is 25.4. The maximum atomic E-state index is 12.6. The molecular formula is C27H35N4O. The highest BCUT2D eigenvalue weighted by atomic mass is 16.2. The van der Waals surface area contributed by atoms with Crippen LogP contribution in [-0.4, -0.2) is 27.5 Å². The highest BCUT2D eigenvalue weighted by Crippen LogP contribution is 2.24. The summed E-state index contributed by atoms with van der Waals surface area (Å²) in [5.41, 5.74) is 4.43. The minimum absolute atomic E-state index is 0. The highest BCUT2D eigenvalue weighted by Gasteiger charge is 2.17. The lowest BCUT2D eigenvalue weighted by Crippen LogP contribution is -2.36. The molecule has 0 unspecified atom stereocenters. The predicted octanol–water partition coefficient (Wildman–Crippen LogP) is 5.61. The summed E-state index contributed by atoms with van der Waals surface area (Å²) in [7, 11) is 0. The van der Waals surface area contributed by atoms with E-state index in [1.807, 2.05) is 23.4 Å². The number of carbonyl (C=O) groups is 1. The average molecular weight is 432 g/mol. The summed E-state index contributed by atoms with van der Waals surface area (Å²) >= 11 is 0. The van der Waals surface area contributed by atoms with E-state index >= 15 is 0 Å². The molecule has 1 aliphatic carbocycles. The van der Waals surface area contributed by atoms with Crippen LogP contribution in [0.4, 0.5) is 0 Å². The molecule has 2 N–H and O–H groups in total. The van der Waals surface area contributed by atoms with Gasteiger partial charge in [0.25, 0.3) is 0 Å². The molecule has 1 saturated carbocycles. The second-order valence-electron chi connectivity index (χ2n) is 8.28. The van der Waals surface area contributed by atoms with Gasteiger partial charge in [0, 0.05) is 24.5 Å². The van der Waals surface area contributed by atoms with Crippen molar-refractivity contribution in [1.82, 2.24) is 20.4 Å². The Morgan fingerprint density at radius 2 is 1.75 bits per heavy atom. The van der Waals surface area contributed by atoms with Crippen LogP contribution in [0.5, 0.6) is 0 Å². The van der Waals surface area contributed by atoms with Crippen LogP contribution in [-0.2, 0) is 11.2 Å². The second kappa shape index (κ2) is 12.9. The molecule has 2 aromatic rings. The minimum Gasteiger partial charge on any atom is -0.347 e. The number of allylic oxidation sites excluding steroid dienone is 2. The van der Waals surface area contributed by atoms with Gasteiger partial charge in [0.2, 0.25) is 5.91 Å². The molecule has 5 heteroatoms. The summed E-state index contributed by atoms with van der Waals surface area (Å²) < 4.78 is 0. The van der Waals surface area contributed by atoms with Crippen LogP contribution in [0.15, 0.2) is 54.9 Å². The van der Waals surface area contributed by atoms with E-state index in [0.29, 0.717) is 6.54 Å². The van der Waals surface area contributed by atoms with Gasteiger partial charge in [-0.2, -0.15) is 5.10 Å². The van der Waals surface area contributed by atoms with E-state index in [1.54, 1.807) is 0 Å². The van der Waals surface area contributed by atoms with Crippen molar-refractivity contribution in [2.45, 2.75) is 57.8 Å². The van der Waals surface area contributed by atoms with Crippen LogP contribution >= 0.6 is 0 Å². The van der Waals surface area contributed by atoms with E-state index in [4.69, 9.17) is 0 Å². The highest BCUT2D eigenvalue weighted by molar-refractivity contribution is 5.80. The molecular weight excluding hydrogens is 396 g/mol. The quantitative estimate of drug-likeness (QED) is 0.625. The van der Waals surface area contributed by atoms with Crippen molar-refractivity contribution in [3.63, 3.8) is 0 Å². The van der Waals surface area contributed by atoms with Gasteiger partial charge in [-0.05, 0) is 36.5 Å². The smallest absolute Gasteiger partial charge is 0.240 e. The Kier molecular flexibility index (Phi) is 10.3. The van der Waals surface area contributed by atoms with Gasteiger partial charge < -0.3 is 10.2 Å². The lowest BCUT2D eigenvalue weighted by molar-refractivity contribution is -0.121. The number of rotatable bonds is 6. The third-order valence-corrected chi connectivity index (χ3v) is 5.75. The number of nitrogens with one attached hydrogen (secondary N) is 2. The van der Waals surface area contributed by atoms with E-state index < -0.39 is 0 Å². The number of H-pyrrole nitrogens is 1. The molecule has 5 radical (unpaired) electrons. The normalized spacial score (nSPS) is 16.8. The van der Waals surface area contributed by atoms with E-state index in [9.17, 15) is 4.79 Å². The van der Waals surface area contributed by atoms with Gasteiger partial charge in [-0.1, -0.05) is 83.4 Å². The number of hydrogen-bond donors (Lipinski definition) is 2. The van der Waals surface area contributed by atoms with Crippen LogP contribution in [0.2, 0.25) is 0 Å². The Balaban J connectivity index is 0.00000181. The number of aromatic nitrogens is 2. The van der Waals surface area contributed by atoms with Crippen molar-refractivity contribution in [3.8, 4) is 0 Å². The molecule has 169 valence electrons. The van der Waals surface area contributed by atoms with Crippen molar-refractivity contribution in [2.75, 3.05) is 6.54 Å². The van der Waals surface area contributed by atoms with Crippen molar-refractivity contribution in [3.05, 3.63) is 92.7 Å². The number of amides is 1. The van der Waals surface area contributed by atoms with Gasteiger partial charge in [0.15, 0.2) is 0 Å². The van der Waals surface area contributed by atoms with E-state index in [-0.39, 0.29) is 20.8 Å². The van der Waals surface area contributed by atoms with E-state index in [1.165, 1.54) is 43.7 Å². The zero-order valence-corrected chi connectivity index (χ0v) is 19.0. The fourth-order valence-corrected chi connectivity index (χ4v) is 4.17. The Morgan fingerprint density at radius 1 is 1.03 bits per heavy atom. The van der Waals surface area contributed by atoms with Crippen LogP contribution in [0.3, 0.4) is 0 Å². The third-order valence-electron chi connectivity index (χ3n) is 5.75. The summed E-state index contributed by atoms with van der Waals surface area (Å²) in [4.78, 5) is 14.5. The first-order chi connectivity index (χ1) is 14.8. The lowest BCUT2D eigenvalue weighted by Gasteiger charge is -2.23. The zero-order chi connectivity index (χ0) is 20.6. The van der Waals surface area contributed by atoms with E-state index in [0.717, 1.165) is 42.6 Å². The van der Waals surface area contributed by atoms with Gasteiger partial charge >= 0.3 is 0 Å². The first-order valence-electron chi connectivity index (χ1n) is 11.1. The summed E-state index contributed by atoms with van der Waals surface area (Å²) in [5.74, 6) is 0.0690. The molecule has 4 rings (SSSR count). The van der Waals surface area contributed by atoms with Gasteiger partial charge in [-0.3, -0.25) is 9.89 Å². The number of nitrogens with zero attached hydrogens (tertiary/aromatic N) is 2. The van der Waals surface area contributed by atoms with Crippen molar-refractivity contribution >= 4 is 11.5 Å². The molecule has 1 fully saturated rings. The largest absolute Gasteiger partial charge is 0.347 e. The number of hydrogen-bond acceptors (Lipinski definition) is 3. The fourth-order valence-electron chi connectivity index (χ4n) is 4.17. The molecule has 1 aromatic carbocycles. The molecule has 0 saturated heterocycles. The van der Waals surface area contributed by atoms with Crippen LogP contribution in [0, 0.1) is 20.9 Å². The topological polar surface area (TPSA) is 61.0 Å². The van der Waals surface area contributed by atoms with Crippen molar-refractivity contribution in [1.29, 1.82) is 0 Å². The molecule has 2 aliphatic rings. The van der Waals surface area contributed by atoms with Gasteiger partial charge in [-0.15, -0.1) is 0 Å². The van der Waals surface area contributed by atoms with Crippen molar-refractivity contribution < 1.29 is 4.79 Å². The molecule has 1 aliphatic heterocycles. The maximum absolute atomic E-state index is 12.6. The minimum atomic E-state index is 0. The second-order valence-corrected chi connectivity index (χ2v) is 8.28. The third kappa shape index (κ3) is 7.40. The lowest BCUT2D eigenvalue weighted by atomic mass is 9.97. The van der Waals surface area contributed by atoms with Gasteiger partial charge in [0.05, 0.1) is 11.7 Å². The number of aromatic amines is 1. The zero-order valence-electron chi connectivity index (χ0n) is 19.0. The monoisotopic (exact) mass is 431 g/mol. The van der Waals surface area contributed by atoms with E-state index in [2.05, 4.69) is 51.9 Å². The molecule has 1 aromatic heterocycles. The summed E-state index contributed by atoms with van der Waals surface area (Å²) in [6.45, 7) is 0.338. The Labute approximate surface area is 194 Å². The Bertz CT molecular complexity index is 876. The first-order valence-corrected chi connectivity index (χ1v) is 11.1. The standard InChI is InChI=1S/C25H31N4O.2CH2/c30-25(26-22-13-7-2-1-3-8-14-22)19-29-15-9-12-21(18-29)24-17-23(27-28-24)16-20-10-5-4-6-11-20;;/h4-6,9-11,15,17-18H,1-3,7-8,12-14,16,19H2,(H,26,30)(H,27,28);2*1H2. The maximum Gasteiger partial charge on any atom is 0.240 e. The number of carbonyl (C=O) groups excluding carboxylic acids is 1.